The molecule has 3 aromatic heterocycles. The van der Waals surface area contributed by atoms with E-state index in [4.69, 9.17) is 13.8 Å². The number of nitrogens with zero attached hydrogens (tertiary/aromatic N) is 1. The smallest absolute Gasteiger partial charge is 0.164 e. The van der Waals surface area contributed by atoms with Gasteiger partial charge in [-0.25, -0.2) is 0 Å². The average Bonchev–Trinajstić information content (AvgIpc) is 3.84. The van der Waals surface area contributed by atoms with E-state index < -0.39 is 0 Å². The summed E-state index contributed by atoms with van der Waals surface area (Å²) in [4.78, 5) is 17.2. The van der Waals surface area contributed by atoms with Crippen LogP contribution in [0.15, 0.2) is 93.9 Å². The monoisotopic (exact) mass is 905 g/mol. The van der Waals surface area contributed by atoms with Crippen molar-refractivity contribution in [1.82, 2.24) is 4.98 Å². The van der Waals surface area contributed by atoms with E-state index in [1.54, 1.807) is 12.5 Å². The fourth-order valence-corrected chi connectivity index (χ4v) is 6.92. The number of aliphatic hydroxyl groups is 1. The summed E-state index contributed by atoms with van der Waals surface area (Å²) in [6.45, 7) is 23.3. The molecule has 0 aliphatic rings. The van der Waals surface area contributed by atoms with Crippen LogP contribution in [0.25, 0.3) is 55.2 Å². The van der Waals surface area contributed by atoms with Gasteiger partial charge in [-0.1, -0.05) is 124 Å². The molecule has 0 unspecified atom stereocenters. The molecule has 6 aromatic rings. The molecule has 6 heteroatoms. The van der Waals surface area contributed by atoms with Gasteiger partial charge in [0, 0.05) is 59.7 Å². The Bertz CT molecular complexity index is 2240. The molecule has 0 amide bonds. The maximum absolute atomic E-state index is 12.2. The predicted octanol–water partition coefficient (Wildman–Crippen LogP) is 14.0. The molecular formula is C48H58IrNO4-. The Balaban J connectivity index is 0.000000309. The topological polar surface area (TPSA) is 76.5 Å². The summed E-state index contributed by atoms with van der Waals surface area (Å²) in [6, 6.07) is 24.9. The second kappa shape index (κ2) is 17.2. The van der Waals surface area contributed by atoms with Gasteiger partial charge in [-0.15, -0.1) is 29.1 Å². The summed E-state index contributed by atoms with van der Waals surface area (Å²) in [7, 11) is 0. The van der Waals surface area contributed by atoms with Gasteiger partial charge in [0.1, 0.15) is 16.9 Å². The zero-order valence-corrected chi connectivity index (χ0v) is 36.5. The molecule has 0 atom stereocenters. The first kappa shape index (κ1) is 42.7. The van der Waals surface area contributed by atoms with Crippen LogP contribution >= 0.6 is 0 Å². The van der Waals surface area contributed by atoms with E-state index in [1.807, 2.05) is 47.6 Å². The van der Waals surface area contributed by atoms with Crippen molar-refractivity contribution in [2.75, 3.05) is 0 Å². The number of pyridine rings is 1. The number of hydrogen-bond donors (Lipinski definition) is 1. The molecule has 0 aliphatic heterocycles. The van der Waals surface area contributed by atoms with Crippen LogP contribution in [0.2, 0.25) is 0 Å². The SMILES string of the molecule is CC(C)Cc1ccc(-c2cc(-c3[c-]c4ccccc4c(C(C)(C)C)c3)nc3ccoc23)c2ccoc12.CCC(C)(CC)C(=O)/C=C(\O)C(C)(CC)CC.[Ir]. The quantitative estimate of drug-likeness (QED) is 0.0796. The Morgan fingerprint density at radius 1 is 0.796 bits per heavy atom. The zero-order chi connectivity index (χ0) is 38.7. The van der Waals surface area contributed by atoms with Crippen molar-refractivity contribution in [3.63, 3.8) is 0 Å². The van der Waals surface area contributed by atoms with E-state index in [2.05, 4.69) is 95.3 Å². The van der Waals surface area contributed by atoms with Crippen LogP contribution in [0.3, 0.4) is 0 Å². The molecule has 54 heavy (non-hydrogen) atoms. The van der Waals surface area contributed by atoms with Gasteiger partial charge in [-0.05, 0) is 60.6 Å². The Labute approximate surface area is 336 Å². The van der Waals surface area contributed by atoms with Gasteiger partial charge in [-0.2, -0.15) is 0 Å². The molecule has 1 radical (unpaired) electrons. The van der Waals surface area contributed by atoms with Gasteiger partial charge in [0.05, 0.1) is 12.5 Å². The summed E-state index contributed by atoms with van der Waals surface area (Å²) in [5, 5.41) is 13.6. The number of benzene rings is 3. The van der Waals surface area contributed by atoms with Crippen molar-refractivity contribution in [2.45, 2.75) is 114 Å². The van der Waals surface area contributed by atoms with E-state index in [1.165, 1.54) is 22.6 Å². The minimum Gasteiger partial charge on any atom is -0.512 e. The Hall–Kier alpha value is -3.99. The molecule has 5 nitrogen and oxygen atoms in total. The third-order valence-electron chi connectivity index (χ3n) is 11.5. The first-order chi connectivity index (χ1) is 25.1. The molecular weight excluding hydrogens is 847 g/mol. The molecule has 289 valence electrons. The minimum absolute atomic E-state index is 0. The maximum atomic E-state index is 12.2. The number of aromatic nitrogens is 1. The van der Waals surface area contributed by atoms with Crippen LogP contribution in [0.1, 0.15) is 113 Å². The van der Waals surface area contributed by atoms with Crippen LogP contribution in [0.4, 0.5) is 0 Å². The Kier molecular flexibility index (Phi) is 13.6. The van der Waals surface area contributed by atoms with Crippen molar-refractivity contribution >= 4 is 38.6 Å². The van der Waals surface area contributed by atoms with Crippen LogP contribution in [0.5, 0.6) is 0 Å². The van der Waals surface area contributed by atoms with Crippen molar-refractivity contribution in [1.29, 1.82) is 0 Å². The van der Waals surface area contributed by atoms with Crippen LogP contribution < -0.4 is 0 Å². The number of fused-ring (bicyclic) bond motifs is 3. The van der Waals surface area contributed by atoms with Crippen LogP contribution in [-0.4, -0.2) is 15.9 Å². The van der Waals surface area contributed by atoms with Crippen LogP contribution in [-0.2, 0) is 36.7 Å². The fraction of sp³-hybridized carbons (Fsp3) is 0.417. The summed E-state index contributed by atoms with van der Waals surface area (Å²) in [5.74, 6) is 0.836. The fourth-order valence-electron chi connectivity index (χ4n) is 6.92. The van der Waals surface area contributed by atoms with E-state index in [-0.39, 0.29) is 47.9 Å². The van der Waals surface area contributed by atoms with E-state index in [0.717, 1.165) is 81.9 Å². The molecule has 1 N–H and O–H groups in total. The Morgan fingerprint density at radius 2 is 1.43 bits per heavy atom. The second-order valence-corrected chi connectivity index (χ2v) is 16.5. The van der Waals surface area contributed by atoms with Gasteiger partial charge in [0.15, 0.2) is 11.4 Å². The number of carbonyl (C=O) groups excluding carboxylic acids is 1. The number of carbonyl (C=O) groups is 1. The molecule has 3 aromatic carbocycles. The molecule has 0 fully saturated rings. The van der Waals surface area contributed by atoms with Crippen molar-refractivity contribution in [2.24, 2.45) is 16.7 Å². The Morgan fingerprint density at radius 3 is 2.06 bits per heavy atom. The van der Waals surface area contributed by atoms with Gasteiger partial charge >= 0.3 is 0 Å². The number of ketones is 1. The molecule has 0 saturated heterocycles. The first-order valence-electron chi connectivity index (χ1n) is 19.4. The molecule has 6 rings (SSSR count). The largest absolute Gasteiger partial charge is 0.512 e. The summed E-state index contributed by atoms with van der Waals surface area (Å²) in [6.07, 6.45) is 9.23. The van der Waals surface area contributed by atoms with Crippen molar-refractivity contribution in [3.05, 3.63) is 102 Å². The first-order valence-corrected chi connectivity index (χ1v) is 19.4. The third-order valence-corrected chi connectivity index (χ3v) is 11.5. The predicted molar refractivity (Wildman–Crippen MR) is 221 cm³/mol. The minimum atomic E-state index is -0.337. The molecule has 0 aliphatic carbocycles. The molecule has 0 bridgehead atoms. The molecule has 0 spiro atoms. The standard InChI is InChI=1S/C33H30NO2.C15H28O2.Ir/c1-20(2)16-22-10-11-25(26-12-14-35-31(22)26)27-19-30(34-29-13-15-36-32(27)29)23-17-21-8-6-7-9-24(21)28(18-23)33(3,4)5;1-7-14(5,8-2)12(16)11-13(17)15(6,9-3)10-4;/h6-15,18-20H,16H2,1-5H3;11,16H,7-10H2,1-6H3;/q-1;;/b;12-11-;. The van der Waals surface area contributed by atoms with Gasteiger partial charge in [0.2, 0.25) is 0 Å². The number of rotatable bonds is 11. The zero-order valence-electron chi connectivity index (χ0n) is 34.1. The van der Waals surface area contributed by atoms with E-state index in [0.29, 0.717) is 5.92 Å². The summed E-state index contributed by atoms with van der Waals surface area (Å²) < 4.78 is 11.9. The number of furan rings is 2. The van der Waals surface area contributed by atoms with Gasteiger partial charge < -0.3 is 13.9 Å². The normalized spacial score (nSPS) is 12.6. The van der Waals surface area contributed by atoms with Crippen molar-refractivity contribution < 1.29 is 38.8 Å². The van der Waals surface area contributed by atoms with Gasteiger partial charge in [0.25, 0.3) is 0 Å². The van der Waals surface area contributed by atoms with Gasteiger partial charge in [-0.3, -0.25) is 9.78 Å². The number of allylic oxidation sites excluding steroid dienone is 2. The van der Waals surface area contributed by atoms with Crippen LogP contribution in [0, 0.1) is 22.8 Å². The molecule has 0 saturated carbocycles. The average molecular weight is 905 g/mol. The van der Waals surface area contributed by atoms with E-state index in [9.17, 15) is 9.90 Å². The second-order valence-electron chi connectivity index (χ2n) is 16.5. The number of aliphatic hydroxyl groups excluding tert-OH is 1. The summed E-state index contributed by atoms with van der Waals surface area (Å²) >= 11 is 0. The number of hydrogen-bond acceptors (Lipinski definition) is 5. The maximum Gasteiger partial charge on any atom is 0.164 e. The third kappa shape index (κ3) is 8.77. The van der Waals surface area contributed by atoms with E-state index >= 15 is 0 Å². The molecule has 3 heterocycles. The van der Waals surface area contributed by atoms with Crippen molar-refractivity contribution in [3.8, 4) is 22.4 Å². The summed E-state index contributed by atoms with van der Waals surface area (Å²) in [5.41, 5.74) is 8.46.